The quantitative estimate of drug-likeness (QED) is 0.803. The van der Waals surface area contributed by atoms with Gasteiger partial charge in [-0.15, -0.1) is 0 Å². The monoisotopic (exact) mass is 305 g/mol. The van der Waals surface area contributed by atoms with Crippen molar-refractivity contribution in [2.45, 2.75) is 40.5 Å². The number of aromatic nitrogens is 1. The van der Waals surface area contributed by atoms with E-state index in [1.54, 1.807) is 6.07 Å². The van der Waals surface area contributed by atoms with Gasteiger partial charge in [-0.25, -0.2) is 0 Å². The van der Waals surface area contributed by atoms with Gasteiger partial charge in [-0.3, -0.25) is 14.6 Å². The van der Waals surface area contributed by atoms with Crippen molar-refractivity contribution in [2.24, 2.45) is 5.92 Å². The number of carbonyl (C=O) groups excluding carboxylic acids is 2. The second-order valence-electron chi connectivity index (χ2n) is 5.86. The van der Waals surface area contributed by atoms with Crippen molar-refractivity contribution in [1.82, 2.24) is 15.2 Å². The van der Waals surface area contributed by atoms with Crippen LogP contribution in [0.15, 0.2) is 18.5 Å². The summed E-state index contributed by atoms with van der Waals surface area (Å²) < 4.78 is 0. The fraction of sp³-hybridized carbons (Fsp3) is 0.588. The molecule has 0 spiro atoms. The first-order chi connectivity index (χ1) is 10.5. The van der Waals surface area contributed by atoms with Gasteiger partial charge in [0.2, 0.25) is 0 Å². The van der Waals surface area contributed by atoms with Gasteiger partial charge in [-0.1, -0.05) is 27.7 Å². The minimum atomic E-state index is -0.187. The molecule has 1 heterocycles. The molecule has 0 bridgehead atoms. The van der Waals surface area contributed by atoms with Crippen molar-refractivity contribution in [3.63, 3.8) is 0 Å². The Morgan fingerprint density at radius 3 is 2.27 bits per heavy atom. The van der Waals surface area contributed by atoms with Crippen LogP contribution in [0, 0.1) is 5.92 Å². The first-order valence-corrected chi connectivity index (χ1v) is 8.02. The third kappa shape index (κ3) is 5.47. The first-order valence-electron chi connectivity index (χ1n) is 8.02. The van der Waals surface area contributed by atoms with Crippen LogP contribution in [0.3, 0.4) is 0 Å². The highest BCUT2D eigenvalue weighted by atomic mass is 16.2. The van der Waals surface area contributed by atoms with E-state index >= 15 is 0 Å². The highest BCUT2D eigenvalue weighted by molar-refractivity contribution is 5.99. The normalized spacial score (nSPS) is 10.6. The lowest BCUT2D eigenvalue weighted by Crippen LogP contribution is -2.33. The van der Waals surface area contributed by atoms with E-state index in [2.05, 4.69) is 10.3 Å². The molecule has 0 saturated carbocycles. The summed E-state index contributed by atoms with van der Waals surface area (Å²) in [6.07, 6.45) is 4.85. The van der Waals surface area contributed by atoms with E-state index in [0.29, 0.717) is 23.6 Å². The maximum Gasteiger partial charge on any atom is 0.255 e. The van der Waals surface area contributed by atoms with Gasteiger partial charge in [0.05, 0.1) is 11.1 Å². The molecular formula is C17H27N3O2. The molecular weight excluding hydrogens is 278 g/mol. The predicted octanol–water partition coefficient (Wildman–Crippen LogP) is 2.73. The van der Waals surface area contributed by atoms with Crippen LogP contribution in [0.1, 0.15) is 61.3 Å². The lowest BCUT2D eigenvalue weighted by atomic mass is 10.1. The standard InChI is InChI=1S/C17H27N3O2/c1-5-7-20(8-6-2)17(22)15-9-14(11-18-12-15)16(21)19-10-13(3)4/h9,11-13H,5-8,10H2,1-4H3,(H,19,21). The Bertz CT molecular complexity index is 494. The Morgan fingerprint density at radius 2 is 1.73 bits per heavy atom. The second kappa shape index (κ2) is 9.18. The minimum absolute atomic E-state index is 0.0605. The number of carbonyl (C=O) groups is 2. The van der Waals surface area contributed by atoms with Crippen LogP contribution in [0.25, 0.3) is 0 Å². The number of amides is 2. The molecule has 0 unspecified atom stereocenters. The largest absolute Gasteiger partial charge is 0.352 e. The Hall–Kier alpha value is -1.91. The van der Waals surface area contributed by atoms with Crippen LogP contribution in [-0.2, 0) is 0 Å². The van der Waals surface area contributed by atoms with Gasteiger partial charge in [0.15, 0.2) is 0 Å². The van der Waals surface area contributed by atoms with Crippen LogP contribution in [0.4, 0.5) is 0 Å². The average molecular weight is 305 g/mol. The summed E-state index contributed by atoms with van der Waals surface area (Å²) in [4.78, 5) is 30.4. The molecule has 1 N–H and O–H groups in total. The van der Waals surface area contributed by atoms with E-state index in [4.69, 9.17) is 0 Å². The Morgan fingerprint density at radius 1 is 1.14 bits per heavy atom. The van der Waals surface area contributed by atoms with E-state index in [1.165, 1.54) is 12.4 Å². The van der Waals surface area contributed by atoms with Crippen molar-refractivity contribution in [2.75, 3.05) is 19.6 Å². The summed E-state index contributed by atoms with van der Waals surface area (Å²) in [5, 5.41) is 2.84. The third-order valence-corrected chi connectivity index (χ3v) is 3.19. The lowest BCUT2D eigenvalue weighted by Gasteiger charge is -2.21. The molecule has 1 aromatic heterocycles. The highest BCUT2D eigenvalue weighted by Gasteiger charge is 2.16. The maximum absolute atomic E-state index is 12.5. The Kier molecular flexibility index (Phi) is 7.57. The second-order valence-corrected chi connectivity index (χ2v) is 5.86. The van der Waals surface area contributed by atoms with E-state index in [-0.39, 0.29) is 11.8 Å². The van der Waals surface area contributed by atoms with Crippen molar-refractivity contribution in [1.29, 1.82) is 0 Å². The van der Waals surface area contributed by atoms with Gasteiger partial charge in [0, 0.05) is 32.0 Å². The van der Waals surface area contributed by atoms with E-state index in [1.807, 2.05) is 32.6 Å². The Balaban J connectivity index is 2.85. The van der Waals surface area contributed by atoms with Gasteiger partial charge >= 0.3 is 0 Å². The van der Waals surface area contributed by atoms with Gasteiger partial charge in [0.1, 0.15) is 0 Å². The third-order valence-electron chi connectivity index (χ3n) is 3.19. The van der Waals surface area contributed by atoms with Crippen molar-refractivity contribution >= 4 is 11.8 Å². The predicted molar refractivity (Wildman–Crippen MR) is 87.9 cm³/mol. The summed E-state index contributed by atoms with van der Waals surface area (Å²) in [6, 6.07) is 1.63. The molecule has 5 nitrogen and oxygen atoms in total. The number of pyridine rings is 1. The molecule has 5 heteroatoms. The summed E-state index contributed by atoms with van der Waals surface area (Å²) in [7, 11) is 0. The SMILES string of the molecule is CCCN(CCC)C(=O)c1cncc(C(=O)NCC(C)C)c1. The molecule has 22 heavy (non-hydrogen) atoms. The number of nitrogens with one attached hydrogen (secondary N) is 1. The molecule has 0 aliphatic heterocycles. The molecule has 0 aromatic carbocycles. The smallest absolute Gasteiger partial charge is 0.255 e. The molecule has 1 aromatic rings. The fourth-order valence-corrected chi connectivity index (χ4v) is 2.12. The maximum atomic E-state index is 12.5. The zero-order valence-corrected chi connectivity index (χ0v) is 14.1. The number of hydrogen-bond donors (Lipinski definition) is 1. The van der Waals surface area contributed by atoms with Gasteiger partial charge in [0.25, 0.3) is 11.8 Å². The summed E-state index contributed by atoms with van der Waals surface area (Å²) in [6.45, 7) is 10.2. The number of hydrogen-bond acceptors (Lipinski definition) is 3. The number of nitrogens with zero attached hydrogens (tertiary/aromatic N) is 2. The van der Waals surface area contributed by atoms with E-state index < -0.39 is 0 Å². The topological polar surface area (TPSA) is 62.3 Å². The van der Waals surface area contributed by atoms with Crippen LogP contribution >= 0.6 is 0 Å². The Labute approximate surface area is 133 Å². The molecule has 2 amide bonds. The summed E-state index contributed by atoms with van der Waals surface area (Å²) >= 11 is 0. The molecule has 0 atom stereocenters. The molecule has 0 radical (unpaired) electrons. The van der Waals surface area contributed by atoms with Crippen molar-refractivity contribution < 1.29 is 9.59 Å². The van der Waals surface area contributed by atoms with Crippen LogP contribution in [-0.4, -0.2) is 41.3 Å². The van der Waals surface area contributed by atoms with Crippen molar-refractivity contribution in [3.05, 3.63) is 29.6 Å². The number of rotatable bonds is 8. The van der Waals surface area contributed by atoms with Gasteiger partial charge in [-0.2, -0.15) is 0 Å². The molecule has 0 fully saturated rings. The fourth-order valence-electron chi connectivity index (χ4n) is 2.12. The highest BCUT2D eigenvalue weighted by Crippen LogP contribution is 2.08. The molecule has 0 aliphatic rings. The molecule has 1 rings (SSSR count). The zero-order chi connectivity index (χ0) is 16.5. The van der Waals surface area contributed by atoms with Crippen molar-refractivity contribution in [3.8, 4) is 0 Å². The van der Waals surface area contributed by atoms with Crippen LogP contribution < -0.4 is 5.32 Å². The van der Waals surface area contributed by atoms with Crippen LogP contribution in [0.5, 0.6) is 0 Å². The zero-order valence-electron chi connectivity index (χ0n) is 14.1. The van der Waals surface area contributed by atoms with Crippen LogP contribution in [0.2, 0.25) is 0 Å². The van der Waals surface area contributed by atoms with E-state index in [0.717, 1.165) is 25.9 Å². The molecule has 122 valence electrons. The molecule has 0 aliphatic carbocycles. The summed E-state index contributed by atoms with van der Waals surface area (Å²) in [5.41, 5.74) is 0.901. The van der Waals surface area contributed by atoms with E-state index in [9.17, 15) is 9.59 Å². The average Bonchev–Trinajstić information content (AvgIpc) is 2.51. The van der Waals surface area contributed by atoms with Gasteiger partial charge in [-0.05, 0) is 24.8 Å². The minimum Gasteiger partial charge on any atom is -0.352 e. The summed E-state index contributed by atoms with van der Waals surface area (Å²) in [5.74, 6) is 0.134. The molecule has 0 saturated heterocycles. The first kappa shape index (κ1) is 18.1. The van der Waals surface area contributed by atoms with Gasteiger partial charge < -0.3 is 10.2 Å². The lowest BCUT2D eigenvalue weighted by molar-refractivity contribution is 0.0755.